The number of rotatable bonds is 7. The molecule has 154 valence electrons. The van der Waals surface area contributed by atoms with E-state index in [-0.39, 0.29) is 24.8 Å². The topological polar surface area (TPSA) is 105 Å². The van der Waals surface area contributed by atoms with E-state index in [9.17, 15) is 19.5 Å². The molecular formula is C21H26N4O4. The van der Waals surface area contributed by atoms with Crippen LogP contribution in [0.5, 0.6) is 0 Å². The van der Waals surface area contributed by atoms with Crippen LogP contribution in [0, 0.1) is 11.8 Å². The van der Waals surface area contributed by atoms with Crippen LogP contribution in [0.3, 0.4) is 0 Å². The zero-order chi connectivity index (χ0) is 21.0. The van der Waals surface area contributed by atoms with Crippen LogP contribution in [0.2, 0.25) is 0 Å². The Bertz CT molecular complexity index is 880. The highest BCUT2D eigenvalue weighted by Crippen LogP contribution is 2.35. The second kappa shape index (κ2) is 8.89. The summed E-state index contributed by atoms with van der Waals surface area (Å²) in [5.41, 5.74) is 1.70. The molecule has 2 heterocycles. The van der Waals surface area contributed by atoms with Crippen LogP contribution in [-0.2, 0) is 27.9 Å². The highest BCUT2D eigenvalue weighted by molar-refractivity contribution is 5.85. The van der Waals surface area contributed by atoms with E-state index in [1.54, 1.807) is 36.1 Å². The molecule has 0 saturated carbocycles. The summed E-state index contributed by atoms with van der Waals surface area (Å²) in [5, 5.41) is 16.5. The van der Waals surface area contributed by atoms with Gasteiger partial charge in [0.2, 0.25) is 11.8 Å². The van der Waals surface area contributed by atoms with Gasteiger partial charge in [0.25, 0.3) is 0 Å². The molecule has 1 aliphatic rings. The number of nitrogens with zero attached hydrogens (tertiary/aromatic N) is 3. The van der Waals surface area contributed by atoms with Crippen molar-refractivity contribution in [2.24, 2.45) is 18.9 Å². The van der Waals surface area contributed by atoms with Crippen LogP contribution in [-0.4, -0.2) is 51.2 Å². The van der Waals surface area contributed by atoms with Crippen LogP contribution in [0.1, 0.15) is 30.0 Å². The summed E-state index contributed by atoms with van der Waals surface area (Å²) in [6.45, 7) is 0.0387. The van der Waals surface area contributed by atoms with E-state index in [0.717, 1.165) is 11.1 Å². The lowest BCUT2D eigenvalue weighted by Crippen LogP contribution is -2.47. The second-order valence-corrected chi connectivity index (χ2v) is 7.51. The summed E-state index contributed by atoms with van der Waals surface area (Å²) in [4.78, 5) is 38.4. The largest absolute Gasteiger partial charge is 0.481 e. The van der Waals surface area contributed by atoms with Crippen molar-refractivity contribution in [3.05, 3.63) is 53.9 Å². The molecule has 0 unspecified atom stereocenters. The Morgan fingerprint density at radius 2 is 2.00 bits per heavy atom. The number of carboxylic acid groups (broad SMARTS) is 1. The van der Waals surface area contributed by atoms with Gasteiger partial charge in [-0.2, -0.15) is 5.10 Å². The fourth-order valence-corrected chi connectivity index (χ4v) is 3.86. The third-order valence-corrected chi connectivity index (χ3v) is 5.46. The van der Waals surface area contributed by atoms with Crippen molar-refractivity contribution in [2.75, 3.05) is 13.6 Å². The van der Waals surface area contributed by atoms with Crippen LogP contribution in [0.25, 0.3) is 0 Å². The maximum absolute atomic E-state index is 13.0. The van der Waals surface area contributed by atoms with E-state index in [1.165, 1.54) is 0 Å². The summed E-state index contributed by atoms with van der Waals surface area (Å²) >= 11 is 0. The lowest BCUT2D eigenvalue weighted by molar-refractivity contribution is -0.142. The molecule has 1 aromatic heterocycles. The molecule has 0 bridgehead atoms. The quantitative estimate of drug-likeness (QED) is 0.733. The predicted octanol–water partition coefficient (Wildman–Crippen LogP) is 1.39. The standard InChI is InChI=1S/C21H26N4O4/c1-24-13-16(12-23-24)19-17(8-9-18(26)25(19)2)20(27)22-11-15(21(28)29)10-14-6-4-3-5-7-14/h3-7,12-13,15,17,19H,8-11H2,1-2H3,(H,22,27)(H,28,29)/t15-,17+,19+/m1/s1. The number of amides is 2. The van der Waals surface area contributed by atoms with Crippen LogP contribution >= 0.6 is 0 Å². The molecule has 1 fully saturated rings. The second-order valence-electron chi connectivity index (χ2n) is 7.51. The highest BCUT2D eigenvalue weighted by Gasteiger charge is 2.39. The molecule has 0 aliphatic carbocycles. The number of carbonyl (C=O) groups excluding carboxylic acids is 2. The van der Waals surface area contributed by atoms with Gasteiger partial charge < -0.3 is 15.3 Å². The maximum atomic E-state index is 13.0. The Morgan fingerprint density at radius 1 is 1.28 bits per heavy atom. The molecule has 2 aromatic rings. The Kier molecular flexibility index (Phi) is 6.31. The predicted molar refractivity (Wildman–Crippen MR) is 106 cm³/mol. The molecule has 0 spiro atoms. The highest BCUT2D eigenvalue weighted by atomic mass is 16.4. The number of carbonyl (C=O) groups is 3. The average molecular weight is 398 g/mol. The first-order chi connectivity index (χ1) is 13.9. The minimum Gasteiger partial charge on any atom is -0.481 e. The first-order valence-corrected chi connectivity index (χ1v) is 9.65. The van der Waals surface area contributed by atoms with E-state index >= 15 is 0 Å². The minimum atomic E-state index is -0.950. The van der Waals surface area contributed by atoms with Gasteiger partial charge in [0.1, 0.15) is 0 Å². The summed E-state index contributed by atoms with van der Waals surface area (Å²) in [5.74, 6) is -2.38. The summed E-state index contributed by atoms with van der Waals surface area (Å²) in [7, 11) is 3.47. The molecule has 0 radical (unpaired) electrons. The van der Waals surface area contributed by atoms with Crippen LogP contribution in [0.15, 0.2) is 42.7 Å². The summed E-state index contributed by atoms with van der Waals surface area (Å²) < 4.78 is 1.64. The van der Waals surface area contributed by atoms with Crippen LogP contribution < -0.4 is 5.32 Å². The van der Waals surface area contributed by atoms with E-state index in [4.69, 9.17) is 0 Å². The molecular weight excluding hydrogens is 372 g/mol. The molecule has 3 atom stereocenters. The smallest absolute Gasteiger partial charge is 0.308 e. The first kappa shape index (κ1) is 20.6. The van der Waals surface area contributed by atoms with Gasteiger partial charge in [0.15, 0.2) is 0 Å². The molecule has 3 rings (SSSR count). The zero-order valence-corrected chi connectivity index (χ0v) is 16.6. The van der Waals surface area contributed by atoms with Crippen molar-refractivity contribution in [1.82, 2.24) is 20.0 Å². The fraction of sp³-hybridized carbons (Fsp3) is 0.429. The van der Waals surface area contributed by atoms with E-state index in [0.29, 0.717) is 12.8 Å². The molecule has 1 aliphatic heterocycles. The molecule has 2 amide bonds. The number of benzene rings is 1. The lowest BCUT2D eigenvalue weighted by atomic mass is 9.85. The van der Waals surface area contributed by atoms with E-state index < -0.39 is 23.8 Å². The zero-order valence-electron chi connectivity index (χ0n) is 16.6. The van der Waals surface area contributed by atoms with Crippen LogP contribution in [0.4, 0.5) is 0 Å². The van der Waals surface area contributed by atoms with Gasteiger partial charge in [-0.3, -0.25) is 19.1 Å². The van der Waals surface area contributed by atoms with Gasteiger partial charge in [-0.25, -0.2) is 0 Å². The van der Waals surface area contributed by atoms with Crippen molar-refractivity contribution >= 4 is 17.8 Å². The van der Waals surface area contributed by atoms with Crippen molar-refractivity contribution in [1.29, 1.82) is 0 Å². The van der Waals surface area contributed by atoms with Crippen molar-refractivity contribution in [3.8, 4) is 0 Å². The number of hydrogen-bond donors (Lipinski definition) is 2. The fourth-order valence-electron chi connectivity index (χ4n) is 3.86. The van der Waals surface area contributed by atoms with Gasteiger partial charge in [-0.1, -0.05) is 30.3 Å². The third kappa shape index (κ3) is 4.82. The van der Waals surface area contributed by atoms with E-state index in [1.807, 2.05) is 30.3 Å². The number of aromatic nitrogens is 2. The summed E-state index contributed by atoms with van der Waals surface area (Å²) in [6.07, 6.45) is 4.51. The van der Waals surface area contributed by atoms with Gasteiger partial charge in [-0.15, -0.1) is 0 Å². The number of nitrogens with one attached hydrogen (secondary N) is 1. The number of piperidine rings is 1. The van der Waals surface area contributed by atoms with Gasteiger partial charge in [-0.05, 0) is 18.4 Å². The molecule has 2 N–H and O–H groups in total. The van der Waals surface area contributed by atoms with Gasteiger partial charge >= 0.3 is 5.97 Å². The number of likely N-dealkylation sites (tertiary alicyclic amines) is 1. The minimum absolute atomic E-state index is 0.0182. The first-order valence-electron chi connectivity index (χ1n) is 9.65. The summed E-state index contributed by atoms with van der Waals surface area (Å²) in [6, 6.07) is 8.93. The average Bonchev–Trinajstić information content (AvgIpc) is 3.13. The van der Waals surface area contributed by atoms with Crippen molar-refractivity contribution in [2.45, 2.75) is 25.3 Å². The Labute approximate surface area is 169 Å². The normalized spacial score (nSPS) is 20.3. The van der Waals surface area contributed by atoms with E-state index in [2.05, 4.69) is 10.4 Å². The Morgan fingerprint density at radius 3 is 2.62 bits per heavy atom. The van der Waals surface area contributed by atoms with Gasteiger partial charge in [0, 0.05) is 38.8 Å². The molecule has 1 saturated heterocycles. The molecule has 1 aromatic carbocycles. The monoisotopic (exact) mass is 398 g/mol. The Hall–Kier alpha value is -3.16. The number of hydrogen-bond acceptors (Lipinski definition) is 4. The molecule has 8 heteroatoms. The maximum Gasteiger partial charge on any atom is 0.308 e. The number of carboxylic acids is 1. The number of aryl methyl sites for hydroxylation is 1. The van der Waals surface area contributed by atoms with Gasteiger partial charge in [0.05, 0.1) is 24.1 Å². The SMILES string of the molecule is CN1C(=O)CC[C@H](C(=O)NC[C@@H](Cc2ccccc2)C(=O)O)[C@@H]1c1cnn(C)c1. The van der Waals surface area contributed by atoms with Crippen molar-refractivity contribution < 1.29 is 19.5 Å². The Balaban J connectivity index is 1.70. The third-order valence-electron chi connectivity index (χ3n) is 5.46. The molecule has 29 heavy (non-hydrogen) atoms. The van der Waals surface area contributed by atoms with Crippen molar-refractivity contribution in [3.63, 3.8) is 0 Å². The lowest BCUT2D eigenvalue weighted by Gasteiger charge is -2.37. The molecule has 8 nitrogen and oxygen atoms in total. The number of aliphatic carboxylic acids is 1.